The predicted molar refractivity (Wildman–Crippen MR) is 95.2 cm³/mol. The maximum atomic E-state index is 12.4. The third-order valence-corrected chi connectivity index (χ3v) is 4.19. The van der Waals surface area contributed by atoms with Crippen molar-refractivity contribution in [2.45, 2.75) is 38.6 Å². The van der Waals surface area contributed by atoms with E-state index in [9.17, 15) is 4.79 Å². The summed E-state index contributed by atoms with van der Waals surface area (Å²) in [6, 6.07) is 5.90. The number of carbonyl (C=O) groups is 1. The summed E-state index contributed by atoms with van der Waals surface area (Å²) in [5.41, 5.74) is 7.42. The molecule has 0 bridgehead atoms. The Labute approximate surface area is 138 Å². The molecule has 1 fully saturated rings. The first kappa shape index (κ1) is 17.1. The second kappa shape index (κ2) is 8.42. The maximum Gasteiger partial charge on any atom is 0.246 e. The molecule has 0 aromatic heterocycles. The number of nitrogen functional groups attached to an aromatic ring is 1. The maximum absolute atomic E-state index is 12.4. The van der Waals surface area contributed by atoms with Gasteiger partial charge >= 0.3 is 0 Å². The fourth-order valence-electron chi connectivity index (χ4n) is 2.93. The van der Waals surface area contributed by atoms with Crippen LogP contribution >= 0.6 is 0 Å². The lowest BCUT2D eigenvalue weighted by molar-refractivity contribution is -0.129. The van der Waals surface area contributed by atoms with E-state index in [0.29, 0.717) is 24.1 Å². The van der Waals surface area contributed by atoms with Crippen LogP contribution in [0.25, 0.3) is 6.08 Å². The number of likely N-dealkylation sites (tertiary alicyclic amines) is 1. The summed E-state index contributed by atoms with van der Waals surface area (Å²) in [7, 11) is 0. The van der Waals surface area contributed by atoms with E-state index in [1.54, 1.807) is 12.2 Å². The summed E-state index contributed by atoms with van der Waals surface area (Å²) in [5, 5.41) is 0. The number of benzene rings is 1. The number of rotatable bonds is 6. The Bertz CT molecular complexity index is 581. The van der Waals surface area contributed by atoms with E-state index in [1.807, 2.05) is 29.2 Å². The molecule has 124 valence electrons. The van der Waals surface area contributed by atoms with Crippen LogP contribution in [0.2, 0.25) is 0 Å². The minimum atomic E-state index is 0.0853. The van der Waals surface area contributed by atoms with E-state index in [-0.39, 0.29) is 5.91 Å². The van der Waals surface area contributed by atoms with Crippen LogP contribution in [0.4, 0.5) is 5.69 Å². The molecule has 1 atom stereocenters. The molecule has 1 aromatic rings. The van der Waals surface area contributed by atoms with Crippen LogP contribution in [-0.4, -0.2) is 30.0 Å². The van der Waals surface area contributed by atoms with Gasteiger partial charge in [0.2, 0.25) is 5.91 Å². The van der Waals surface area contributed by atoms with Crippen molar-refractivity contribution in [3.63, 3.8) is 0 Å². The molecule has 4 nitrogen and oxygen atoms in total. The highest BCUT2D eigenvalue weighted by molar-refractivity contribution is 5.92. The number of nitrogens with two attached hydrogens (primary N) is 1. The highest BCUT2D eigenvalue weighted by Gasteiger charge is 2.23. The standard InChI is InChI=1S/C19H26N2O2/c1-3-13-23-18-10-8-15(14-17(18)20)9-11-19(22)21-12-6-5-7-16(21)4-2/h3,8-11,14,16H,1,4-7,12-13,20H2,2H3/b11-9-. The molecule has 0 saturated carbocycles. The molecule has 2 N–H and O–H groups in total. The lowest BCUT2D eigenvalue weighted by Crippen LogP contribution is -2.42. The molecule has 4 heteroatoms. The minimum Gasteiger partial charge on any atom is -0.487 e. The van der Waals surface area contributed by atoms with Gasteiger partial charge in [0, 0.05) is 18.7 Å². The molecule has 1 aromatic carbocycles. The summed E-state index contributed by atoms with van der Waals surface area (Å²) in [4.78, 5) is 14.4. The van der Waals surface area contributed by atoms with E-state index in [2.05, 4.69) is 13.5 Å². The summed E-state index contributed by atoms with van der Waals surface area (Å²) >= 11 is 0. The Hall–Kier alpha value is -2.23. The zero-order valence-corrected chi connectivity index (χ0v) is 13.8. The van der Waals surface area contributed by atoms with Crippen molar-refractivity contribution in [3.8, 4) is 5.75 Å². The predicted octanol–water partition coefficient (Wildman–Crippen LogP) is 3.64. The summed E-state index contributed by atoms with van der Waals surface area (Å²) < 4.78 is 5.45. The van der Waals surface area contributed by atoms with Gasteiger partial charge in [-0.05, 0) is 49.5 Å². The first-order chi connectivity index (χ1) is 11.2. The van der Waals surface area contributed by atoms with Gasteiger partial charge in [0.05, 0.1) is 5.69 Å². The molecule has 0 spiro atoms. The zero-order valence-electron chi connectivity index (χ0n) is 13.8. The number of piperidine rings is 1. The second-order valence-corrected chi connectivity index (χ2v) is 5.82. The lowest BCUT2D eigenvalue weighted by Gasteiger charge is -2.34. The van der Waals surface area contributed by atoms with Gasteiger partial charge in [-0.2, -0.15) is 0 Å². The van der Waals surface area contributed by atoms with Gasteiger partial charge in [0.1, 0.15) is 12.4 Å². The molecule has 1 saturated heterocycles. The highest BCUT2D eigenvalue weighted by Crippen LogP contribution is 2.24. The first-order valence-electron chi connectivity index (χ1n) is 8.27. The molecular weight excluding hydrogens is 288 g/mol. The monoisotopic (exact) mass is 314 g/mol. The van der Waals surface area contributed by atoms with E-state index in [0.717, 1.165) is 31.4 Å². The number of carbonyl (C=O) groups excluding carboxylic acids is 1. The number of hydrogen-bond acceptors (Lipinski definition) is 3. The molecule has 1 aliphatic rings. The van der Waals surface area contributed by atoms with Gasteiger partial charge in [-0.3, -0.25) is 4.79 Å². The van der Waals surface area contributed by atoms with Crippen molar-refractivity contribution in [3.05, 3.63) is 42.5 Å². The van der Waals surface area contributed by atoms with Crippen molar-refractivity contribution in [1.29, 1.82) is 0 Å². The zero-order chi connectivity index (χ0) is 16.7. The van der Waals surface area contributed by atoms with Gasteiger partial charge in [-0.15, -0.1) is 0 Å². The molecule has 0 aliphatic carbocycles. The third-order valence-electron chi connectivity index (χ3n) is 4.19. The van der Waals surface area contributed by atoms with Crippen molar-refractivity contribution in [2.24, 2.45) is 0 Å². The van der Waals surface area contributed by atoms with Crippen molar-refractivity contribution < 1.29 is 9.53 Å². The van der Waals surface area contributed by atoms with Crippen LogP contribution in [0.5, 0.6) is 5.75 Å². The largest absolute Gasteiger partial charge is 0.487 e. The van der Waals surface area contributed by atoms with Crippen LogP contribution in [-0.2, 0) is 4.79 Å². The van der Waals surface area contributed by atoms with Gasteiger partial charge in [0.15, 0.2) is 0 Å². The van der Waals surface area contributed by atoms with Crippen molar-refractivity contribution in [2.75, 3.05) is 18.9 Å². The van der Waals surface area contributed by atoms with Crippen LogP contribution in [0.15, 0.2) is 36.9 Å². The summed E-state index contributed by atoms with van der Waals surface area (Å²) in [6.45, 7) is 7.03. The van der Waals surface area contributed by atoms with Gasteiger partial charge in [0.25, 0.3) is 0 Å². The highest BCUT2D eigenvalue weighted by atomic mass is 16.5. The molecule has 2 rings (SSSR count). The number of ether oxygens (including phenoxy) is 1. The van der Waals surface area contributed by atoms with E-state index in [1.165, 1.54) is 6.42 Å². The molecule has 23 heavy (non-hydrogen) atoms. The molecule has 1 unspecified atom stereocenters. The van der Waals surface area contributed by atoms with Crippen LogP contribution in [0.1, 0.15) is 38.2 Å². The Morgan fingerprint density at radius 1 is 1.48 bits per heavy atom. The average Bonchev–Trinajstić information content (AvgIpc) is 2.58. The minimum absolute atomic E-state index is 0.0853. The fraction of sp³-hybridized carbons (Fsp3) is 0.421. The van der Waals surface area contributed by atoms with Crippen LogP contribution in [0.3, 0.4) is 0 Å². The molecule has 1 amide bonds. The summed E-state index contributed by atoms with van der Waals surface area (Å²) in [5.74, 6) is 0.720. The molecule has 0 radical (unpaired) electrons. The van der Waals surface area contributed by atoms with Gasteiger partial charge in [-0.25, -0.2) is 0 Å². The average molecular weight is 314 g/mol. The third kappa shape index (κ3) is 4.62. The molecule has 1 heterocycles. The van der Waals surface area contributed by atoms with E-state index >= 15 is 0 Å². The van der Waals surface area contributed by atoms with Gasteiger partial charge in [-0.1, -0.05) is 25.6 Å². The topological polar surface area (TPSA) is 55.6 Å². The number of hydrogen-bond donors (Lipinski definition) is 1. The number of nitrogens with zero attached hydrogens (tertiary/aromatic N) is 1. The summed E-state index contributed by atoms with van der Waals surface area (Å²) in [6.07, 6.45) is 9.58. The first-order valence-corrected chi connectivity index (χ1v) is 8.27. The molecular formula is C19H26N2O2. The van der Waals surface area contributed by atoms with Crippen molar-refractivity contribution >= 4 is 17.7 Å². The lowest BCUT2D eigenvalue weighted by atomic mass is 10.00. The fourth-order valence-corrected chi connectivity index (χ4v) is 2.93. The van der Waals surface area contributed by atoms with E-state index < -0.39 is 0 Å². The Kier molecular flexibility index (Phi) is 6.27. The van der Waals surface area contributed by atoms with Crippen LogP contribution < -0.4 is 10.5 Å². The second-order valence-electron chi connectivity index (χ2n) is 5.82. The Balaban J connectivity index is 2.02. The van der Waals surface area contributed by atoms with E-state index in [4.69, 9.17) is 10.5 Å². The number of anilines is 1. The Morgan fingerprint density at radius 2 is 2.30 bits per heavy atom. The quantitative estimate of drug-likeness (QED) is 0.495. The number of amides is 1. The van der Waals surface area contributed by atoms with Gasteiger partial charge < -0.3 is 15.4 Å². The SMILES string of the molecule is C=CCOc1ccc(/C=C\C(=O)N2CCCCC2CC)cc1N. The smallest absolute Gasteiger partial charge is 0.246 e. The Morgan fingerprint density at radius 3 is 3.00 bits per heavy atom. The van der Waals surface area contributed by atoms with Crippen LogP contribution in [0, 0.1) is 0 Å². The van der Waals surface area contributed by atoms with Crippen molar-refractivity contribution in [1.82, 2.24) is 4.90 Å². The normalized spacial score (nSPS) is 18.1. The molecule has 1 aliphatic heterocycles.